The zero-order valence-electron chi connectivity index (χ0n) is 13.7. The van der Waals surface area contributed by atoms with Crippen molar-refractivity contribution in [3.8, 4) is 0 Å². The van der Waals surface area contributed by atoms with E-state index in [-0.39, 0.29) is 5.91 Å². The minimum absolute atomic E-state index is 0.0328. The van der Waals surface area contributed by atoms with Crippen LogP contribution in [0, 0.1) is 0 Å². The van der Waals surface area contributed by atoms with Crippen LogP contribution in [0.15, 0.2) is 42.0 Å². The van der Waals surface area contributed by atoms with Crippen LogP contribution in [-0.2, 0) is 11.2 Å². The molecule has 0 bridgehead atoms. The fourth-order valence-electron chi connectivity index (χ4n) is 3.08. The Morgan fingerprint density at radius 2 is 2.04 bits per heavy atom. The molecule has 3 nitrogen and oxygen atoms in total. The van der Waals surface area contributed by atoms with Crippen LogP contribution in [0.2, 0.25) is 0 Å². The van der Waals surface area contributed by atoms with E-state index in [0.717, 1.165) is 17.6 Å². The fourth-order valence-corrected chi connectivity index (χ4v) is 3.08. The second-order valence-electron chi connectivity index (χ2n) is 6.19. The normalized spacial score (nSPS) is 16.2. The maximum Gasteiger partial charge on any atom is 0.262 e. The number of nitrogens with one attached hydrogen (secondary N) is 2. The SMILES string of the molecule is CCCCCCc1ccc2c(/C=C3\CNNC3=O)cccc2c1. The molecule has 2 aromatic rings. The number of aryl methyl sites for hydroxylation is 1. The highest BCUT2D eigenvalue weighted by molar-refractivity contribution is 6.02. The molecule has 0 unspecified atom stereocenters. The molecule has 23 heavy (non-hydrogen) atoms. The molecule has 1 aliphatic heterocycles. The number of benzene rings is 2. The van der Waals surface area contributed by atoms with Gasteiger partial charge in [0.1, 0.15) is 0 Å². The van der Waals surface area contributed by atoms with Gasteiger partial charge in [-0.3, -0.25) is 10.2 Å². The van der Waals surface area contributed by atoms with Gasteiger partial charge in [-0.05, 0) is 40.8 Å². The Kier molecular flexibility index (Phi) is 5.09. The van der Waals surface area contributed by atoms with Crippen molar-refractivity contribution in [3.05, 3.63) is 53.1 Å². The molecule has 0 aliphatic carbocycles. The van der Waals surface area contributed by atoms with Crippen LogP contribution in [0.25, 0.3) is 16.8 Å². The number of hydrogen-bond acceptors (Lipinski definition) is 2. The van der Waals surface area contributed by atoms with Crippen molar-refractivity contribution in [2.24, 2.45) is 0 Å². The minimum atomic E-state index is -0.0328. The van der Waals surface area contributed by atoms with E-state index >= 15 is 0 Å². The first-order chi connectivity index (χ1) is 11.3. The molecule has 3 rings (SSSR count). The van der Waals surface area contributed by atoms with Gasteiger partial charge < -0.3 is 0 Å². The minimum Gasteiger partial charge on any atom is -0.287 e. The zero-order chi connectivity index (χ0) is 16.1. The van der Waals surface area contributed by atoms with Crippen LogP contribution in [0.1, 0.15) is 43.7 Å². The van der Waals surface area contributed by atoms with Gasteiger partial charge in [0, 0.05) is 12.1 Å². The van der Waals surface area contributed by atoms with Gasteiger partial charge in [0.25, 0.3) is 5.91 Å². The van der Waals surface area contributed by atoms with Gasteiger partial charge in [0.05, 0.1) is 0 Å². The Labute approximate surface area is 137 Å². The van der Waals surface area contributed by atoms with Crippen molar-refractivity contribution >= 4 is 22.8 Å². The quantitative estimate of drug-likeness (QED) is 0.626. The Morgan fingerprint density at radius 3 is 2.83 bits per heavy atom. The first kappa shape index (κ1) is 15.8. The second kappa shape index (κ2) is 7.42. The maximum absolute atomic E-state index is 11.7. The molecule has 1 saturated heterocycles. The van der Waals surface area contributed by atoms with Gasteiger partial charge in [0.2, 0.25) is 0 Å². The average molecular weight is 308 g/mol. The number of hydrogen-bond donors (Lipinski definition) is 2. The molecule has 0 saturated carbocycles. The van der Waals surface area contributed by atoms with Crippen LogP contribution in [0.5, 0.6) is 0 Å². The smallest absolute Gasteiger partial charge is 0.262 e. The molecule has 1 amide bonds. The Bertz CT molecular complexity index is 733. The van der Waals surface area contributed by atoms with Gasteiger partial charge in [0.15, 0.2) is 0 Å². The average Bonchev–Trinajstić information content (AvgIpc) is 2.97. The van der Waals surface area contributed by atoms with Crippen LogP contribution < -0.4 is 10.9 Å². The first-order valence-electron chi connectivity index (χ1n) is 8.53. The zero-order valence-corrected chi connectivity index (χ0v) is 13.7. The summed E-state index contributed by atoms with van der Waals surface area (Å²) in [6.45, 7) is 2.82. The number of carbonyl (C=O) groups is 1. The van der Waals surface area contributed by atoms with E-state index in [1.165, 1.54) is 42.0 Å². The van der Waals surface area contributed by atoms with Crippen molar-refractivity contribution in [2.45, 2.75) is 39.0 Å². The lowest BCUT2D eigenvalue weighted by atomic mass is 9.98. The predicted octanol–water partition coefficient (Wildman–Crippen LogP) is 3.98. The maximum atomic E-state index is 11.7. The van der Waals surface area contributed by atoms with E-state index in [0.29, 0.717) is 6.54 Å². The molecule has 1 fully saturated rings. The van der Waals surface area contributed by atoms with E-state index in [1.54, 1.807) is 0 Å². The molecule has 0 atom stereocenters. The number of amides is 1. The molecule has 1 heterocycles. The van der Waals surface area contributed by atoms with Crippen LogP contribution in [0.4, 0.5) is 0 Å². The summed E-state index contributed by atoms with van der Waals surface area (Å²) in [6, 6.07) is 13.0. The standard InChI is InChI=1S/C20H24N2O/c1-2-3-4-5-7-15-10-11-19-16(12-15)8-6-9-17(19)13-18-14-21-22-20(18)23/h6,8-13,21H,2-5,7,14H2,1H3,(H,22,23)/b18-13+. The highest BCUT2D eigenvalue weighted by atomic mass is 16.2. The summed E-state index contributed by atoms with van der Waals surface area (Å²) < 4.78 is 0. The third-order valence-electron chi connectivity index (χ3n) is 4.40. The highest BCUT2D eigenvalue weighted by Gasteiger charge is 2.15. The van der Waals surface area contributed by atoms with Crippen LogP contribution in [-0.4, -0.2) is 12.5 Å². The monoisotopic (exact) mass is 308 g/mol. The second-order valence-corrected chi connectivity index (χ2v) is 6.19. The van der Waals surface area contributed by atoms with Gasteiger partial charge in [-0.2, -0.15) is 0 Å². The van der Waals surface area contributed by atoms with Crippen molar-refractivity contribution in [1.82, 2.24) is 10.9 Å². The molecule has 2 aromatic carbocycles. The van der Waals surface area contributed by atoms with Gasteiger partial charge in [-0.1, -0.05) is 62.6 Å². The Hall–Kier alpha value is -2.13. The molecule has 0 spiro atoms. The van der Waals surface area contributed by atoms with E-state index < -0.39 is 0 Å². The lowest BCUT2D eigenvalue weighted by Gasteiger charge is -2.07. The van der Waals surface area contributed by atoms with E-state index in [4.69, 9.17) is 0 Å². The molecule has 0 aromatic heterocycles. The number of fused-ring (bicyclic) bond motifs is 1. The summed E-state index contributed by atoms with van der Waals surface area (Å²) in [5.74, 6) is -0.0328. The third-order valence-corrected chi connectivity index (χ3v) is 4.40. The fraction of sp³-hybridized carbons (Fsp3) is 0.350. The largest absolute Gasteiger partial charge is 0.287 e. The number of unbranched alkanes of at least 4 members (excludes halogenated alkanes) is 3. The van der Waals surface area contributed by atoms with E-state index in [2.05, 4.69) is 54.2 Å². The van der Waals surface area contributed by atoms with Crippen LogP contribution in [0.3, 0.4) is 0 Å². The van der Waals surface area contributed by atoms with Crippen molar-refractivity contribution in [3.63, 3.8) is 0 Å². The molecular weight excluding hydrogens is 284 g/mol. The highest BCUT2D eigenvalue weighted by Crippen LogP contribution is 2.23. The predicted molar refractivity (Wildman–Crippen MR) is 95.9 cm³/mol. The molecular formula is C20H24N2O. The summed E-state index contributed by atoms with van der Waals surface area (Å²) in [5.41, 5.74) is 8.77. The first-order valence-corrected chi connectivity index (χ1v) is 8.53. The lowest BCUT2D eigenvalue weighted by molar-refractivity contribution is -0.116. The molecule has 1 aliphatic rings. The van der Waals surface area contributed by atoms with Gasteiger partial charge in [-0.25, -0.2) is 5.43 Å². The van der Waals surface area contributed by atoms with Gasteiger partial charge in [-0.15, -0.1) is 0 Å². The van der Waals surface area contributed by atoms with Crippen molar-refractivity contribution < 1.29 is 4.79 Å². The topological polar surface area (TPSA) is 41.1 Å². The van der Waals surface area contributed by atoms with Crippen molar-refractivity contribution in [2.75, 3.05) is 6.54 Å². The Morgan fingerprint density at radius 1 is 1.13 bits per heavy atom. The summed E-state index contributed by atoms with van der Waals surface area (Å²) in [4.78, 5) is 11.7. The van der Waals surface area contributed by atoms with E-state index in [9.17, 15) is 4.79 Å². The molecule has 3 heteroatoms. The number of carbonyl (C=O) groups excluding carboxylic acids is 1. The number of hydrazine groups is 1. The summed E-state index contributed by atoms with van der Waals surface area (Å²) in [5, 5.41) is 2.45. The molecule has 0 radical (unpaired) electrons. The lowest BCUT2D eigenvalue weighted by Crippen LogP contribution is -2.25. The molecule has 2 N–H and O–H groups in total. The third kappa shape index (κ3) is 3.80. The summed E-state index contributed by atoms with van der Waals surface area (Å²) in [6.07, 6.45) is 8.30. The van der Waals surface area contributed by atoms with Crippen LogP contribution >= 0.6 is 0 Å². The Balaban J connectivity index is 1.83. The number of rotatable bonds is 6. The van der Waals surface area contributed by atoms with Crippen molar-refractivity contribution in [1.29, 1.82) is 0 Å². The van der Waals surface area contributed by atoms with E-state index in [1.807, 2.05) is 6.08 Å². The molecule has 120 valence electrons. The summed E-state index contributed by atoms with van der Waals surface area (Å²) in [7, 11) is 0. The van der Waals surface area contributed by atoms with Gasteiger partial charge >= 0.3 is 0 Å². The summed E-state index contributed by atoms with van der Waals surface area (Å²) >= 11 is 0.